The highest BCUT2D eigenvalue weighted by atomic mass is 16.4. The molecule has 0 unspecified atom stereocenters. The molecule has 23 heavy (non-hydrogen) atoms. The van der Waals surface area contributed by atoms with E-state index in [0.717, 1.165) is 35.3 Å². The second-order valence-electron chi connectivity index (χ2n) is 5.95. The van der Waals surface area contributed by atoms with Gasteiger partial charge in [0.2, 0.25) is 5.95 Å². The van der Waals surface area contributed by atoms with Crippen molar-refractivity contribution in [3.63, 3.8) is 0 Å². The molecule has 4 rings (SSSR count). The van der Waals surface area contributed by atoms with Gasteiger partial charge in [-0.3, -0.25) is 9.78 Å². The molecule has 7 heteroatoms. The van der Waals surface area contributed by atoms with Crippen molar-refractivity contribution < 1.29 is 4.42 Å². The van der Waals surface area contributed by atoms with Gasteiger partial charge in [-0.25, -0.2) is 4.98 Å². The minimum absolute atomic E-state index is 0.149. The number of aryl methyl sites for hydroxylation is 1. The predicted octanol–water partition coefficient (Wildman–Crippen LogP) is 1.80. The number of aromatic amines is 1. The van der Waals surface area contributed by atoms with Crippen LogP contribution < -0.4 is 16.2 Å². The van der Waals surface area contributed by atoms with Gasteiger partial charge in [-0.05, 0) is 31.0 Å². The summed E-state index contributed by atoms with van der Waals surface area (Å²) >= 11 is 0. The highest BCUT2D eigenvalue weighted by molar-refractivity contribution is 5.75. The second-order valence-corrected chi connectivity index (χ2v) is 5.95. The standard InChI is InChI=1S/C16H17N5O2/c1-9-2-3-13-12(6-9)19-16(23-13)21-5-4-10(8-21)11-7-14(22)20-15(17)18-11/h2-3,6-7,10H,4-5,8H2,1H3,(H3,17,18,20,22)/t10-/m1/s1. The third-order valence-electron chi connectivity index (χ3n) is 4.19. The first-order valence-corrected chi connectivity index (χ1v) is 7.57. The Labute approximate surface area is 132 Å². The molecule has 0 radical (unpaired) electrons. The lowest BCUT2D eigenvalue weighted by atomic mass is 10.1. The minimum atomic E-state index is -0.219. The normalized spacial score (nSPS) is 18.0. The van der Waals surface area contributed by atoms with Gasteiger partial charge < -0.3 is 15.1 Å². The minimum Gasteiger partial charge on any atom is -0.423 e. The zero-order valence-corrected chi connectivity index (χ0v) is 12.7. The summed E-state index contributed by atoms with van der Waals surface area (Å²) in [5.41, 5.74) is 8.93. The molecule has 3 aromatic rings. The van der Waals surface area contributed by atoms with E-state index >= 15 is 0 Å². The maximum Gasteiger partial charge on any atom is 0.298 e. The van der Waals surface area contributed by atoms with Crippen LogP contribution in [0.3, 0.4) is 0 Å². The molecule has 1 aliphatic rings. The van der Waals surface area contributed by atoms with E-state index in [1.807, 2.05) is 25.1 Å². The summed E-state index contributed by atoms with van der Waals surface area (Å²) in [5.74, 6) is 0.305. The van der Waals surface area contributed by atoms with Gasteiger partial charge in [0.25, 0.3) is 11.6 Å². The molecule has 0 amide bonds. The van der Waals surface area contributed by atoms with Crippen LogP contribution in [0.1, 0.15) is 23.6 Å². The van der Waals surface area contributed by atoms with Gasteiger partial charge in [0, 0.05) is 25.1 Å². The first kappa shape index (κ1) is 13.8. The summed E-state index contributed by atoms with van der Waals surface area (Å²) in [6.07, 6.45) is 0.883. The fourth-order valence-electron chi connectivity index (χ4n) is 3.04. The topological polar surface area (TPSA) is 101 Å². The van der Waals surface area contributed by atoms with E-state index in [-0.39, 0.29) is 17.4 Å². The largest absolute Gasteiger partial charge is 0.423 e. The third-order valence-corrected chi connectivity index (χ3v) is 4.19. The number of benzene rings is 1. The van der Waals surface area contributed by atoms with Crippen molar-refractivity contribution in [3.8, 4) is 0 Å². The Morgan fingerprint density at radius 1 is 1.35 bits per heavy atom. The van der Waals surface area contributed by atoms with Crippen LogP contribution in [0.2, 0.25) is 0 Å². The molecule has 1 atom stereocenters. The molecule has 0 bridgehead atoms. The zero-order chi connectivity index (χ0) is 16.0. The van der Waals surface area contributed by atoms with Gasteiger partial charge in [-0.2, -0.15) is 4.98 Å². The van der Waals surface area contributed by atoms with Crippen LogP contribution in [0.5, 0.6) is 0 Å². The fourth-order valence-corrected chi connectivity index (χ4v) is 3.04. The summed E-state index contributed by atoms with van der Waals surface area (Å²) in [6, 6.07) is 8.08. The third kappa shape index (κ3) is 2.54. The lowest BCUT2D eigenvalue weighted by Gasteiger charge is -2.13. The Morgan fingerprint density at radius 3 is 3.04 bits per heavy atom. The summed E-state index contributed by atoms with van der Waals surface area (Å²) in [4.78, 5) is 24.9. The van der Waals surface area contributed by atoms with Crippen LogP contribution >= 0.6 is 0 Å². The van der Waals surface area contributed by atoms with E-state index in [4.69, 9.17) is 10.2 Å². The molecular weight excluding hydrogens is 294 g/mol. The summed E-state index contributed by atoms with van der Waals surface area (Å²) < 4.78 is 5.84. The van der Waals surface area contributed by atoms with Crippen molar-refractivity contribution in [2.45, 2.75) is 19.3 Å². The van der Waals surface area contributed by atoms with Crippen molar-refractivity contribution in [1.29, 1.82) is 0 Å². The second kappa shape index (κ2) is 5.12. The van der Waals surface area contributed by atoms with E-state index in [0.29, 0.717) is 12.6 Å². The number of H-pyrrole nitrogens is 1. The van der Waals surface area contributed by atoms with Crippen LogP contribution in [0, 0.1) is 6.92 Å². The Bertz CT molecular complexity index is 930. The molecule has 3 heterocycles. The molecule has 0 spiro atoms. The number of hydrogen-bond donors (Lipinski definition) is 2. The summed E-state index contributed by atoms with van der Waals surface area (Å²) in [6.45, 7) is 3.55. The van der Waals surface area contributed by atoms with Gasteiger partial charge in [0.05, 0.1) is 5.69 Å². The van der Waals surface area contributed by atoms with Gasteiger partial charge in [0.15, 0.2) is 5.58 Å². The average Bonchev–Trinajstić information content (AvgIpc) is 3.12. The molecule has 118 valence electrons. The Balaban J connectivity index is 1.60. The summed E-state index contributed by atoms with van der Waals surface area (Å²) in [5, 5.41) is 0. The monoisotopic (exact) mass is 311 g/mol. The van der Waals surface area contributed by atoms with E-state index < -0.39 is 0 Å². The van der Waals surface area contributed by atoms with Crippen LogP contribution in [0.4, 0.5) is 12.0 Å². The molecule has 3 N–H and O–H groups in total. The number of fused-ring (bicyclic) bond motifs is 1. The highest BCUT2D eigenvalue weighted by Crippen LogP contribution is 2.31. The molecule has 1 saturated heterocycles. The molecule has 2 aromatic heterocycles. The summed E-state index contributed by atoms with van der Waals surface area (Å²) in [7, 11) is 0. The fraction of sp³-hybridized carbons (Fsp3) is 0.312. The number of nitrogens with one attached hydrogen (secondary N) is 1. The average molecular weight is 311 g/mol. The number of hydrogen-bond acceptors (Lipinski definition) is 6. The number of nitrogens with two attached hydrogens (primary N) is 1. The number of oxazole rings is 1. The number of rotatable bonds is 2. The Kier molecular flexibility index (Phi) is 3.07. The van der Waals surface area contributed by atoms with Crippen molar-refractivity contribution in [1.82, 2.24) is 15.0 Å². The smallest absolute Gasteiger partial charge is 0.298 e. The first-order valence-electron chi connectivity index (χ1n) is 7.57. The molecule has 7 nitrogen and oxygen atoms in total. The van der Waals surface area contributed by atoms with Crippen LogP contribution in [-0.4, -0.2) is 28.0 Å². The van der Waals surface area contributed by atoms with Crippen molar-refractivity contribution in [3.05, 3.63) is 45.9 Å². The SMILES string of the molecule is Cc1ccc2oc(N3CC[C@@H](c4cc(=O)[nH]c(N)n4)C3)nc2c1. The molecule has 0 saturated carbocycles. The first-order chi connectivity index (χ1) is 11.1. The quantitative estimate of drug-likeness (QED) is 0.748. The number of nitrogens with zero attached hydrogens (tertiary/aromatic N) is 3. The maximum atomic E-state index is 11.5. The van der Waals surface area contributed by atoms with Crippen molar-refractivity contribution >= 4 is 23.1 Å². The van der Waals surface area contributed by atoms with Gasteiger partial charge >= 0.3 is 0 Å². The zero-order valence-electron chi connectivity index (χ0n) is 12.7. The van der Waals surface area contributed by atoms with Gasteiger partial charge in [-0.1, -0.05) is 6.07 Å². The lowest BCUT2D eigenvalue weighted by molar-refractivity contribution is 0.583. The van der Waals surface area contributed by atoms with Crippen molar-refractivity contribution in [2.24, 2.45) is 0 Å². The number of aromatic nitrogens is 3. The Morgan fingerprint density at radius 2 is 2.22 bits per heavy atom. The van der Waals surface area contributed by atoms with E-state index in [1.165, 1.54) is 6.07 Å². The number of nitrogen functional groups attached to an aromatic ring is 1. The molecular formula is C16H17N5O2. The lowest BCUT2D eigenvalue weighted by Crippen LogP contribution is -2.20. The van der Waals surface area contributed by atoms with Crippen LogP contribution in [0.15, 0.2) is 33.5 Å². The van der Waals surface area contributed by atoms with Crippen LogP contribution in [0.25, 0.3) is 11.1 Å². The van der Waals surface area contributed by atoms with E-state index in [9.17, 15) is 4.79 Å². The van der Waals surface area contributed by atoms with E-state index in [2.05, 4.69) is 19.9 Å². The van der Waals surface area contributed by atoms with Gasteiger partial charge in [0.1, 0.15) is 5.52 Å². The molecule has 1 aromatic carbocycles. The Hall–Kier alpha value is -2.83. The molecule has 1 fully saturated rings. The maximum absolute atomic E-state index is 11.5. The van der Waals surface area contributed by atoms with Gasteiger partial charge in [-0.15, -0.1) is 0 Å². The predicted molar refractivity (Wildman–Crippen MR) is 87.6 cm³/mol. The number of anilines is 2. The van der Waals surface area contributed by atoms with Crippen LogP contribution in [-0.2, 0) is 0 Å². The molecule has 1 aliphatic heterocycles. The van der Waals surface area contributed by atoms with Crippen molar-refractivity contribution in [2.75, 3.05) is 23.7 Å². The molecule has 0 aliphatic carbocycles. The van der Waals surface area contributed by atoms with E-state index in [1.54, 1.807) is 0 Å². The highest BCUT2D eigenvalue weighted by Gasteiger charge is 2.28.